The molecule has 10 heteroatoms. The van der Waals surface area contributed by atoms with E-state index in [1.807, 2.05) is 12.1 Å². The molecule has 2 N–H and O–H groups in total. The first-order valence-electron chi connectivity index (χ1n) is 9.92. The van der Waals surface area contributed by atoms with Gasteiger partial charge in [-0.15, -0.1) is 0 Å². The fourth-order valence-corrected chi connectivity index (χ4v) is 3.53. The Balaban J connectivity index is 1.69. The van der Waals surface area contributed by atoms with Gasteiger partial charge in [0.2, 0.25) is 5.91 Å². The molecular formula is C22H25N3O6S. The maximum Gasteiger partial charge on any atom is 0.356 e. The minimum Gasteiger partial charge on any atom is -0.368 e. The number of nitriles is 1. The Kier molecular flexibility index (Phi) is 9.81. The van der Waals surface area contributed by atoms with Crippen molar-refractivity contribution >= 4 is 21.9 Å². The van der Waals surface area contributed by atoms with Crippen LogP contribution in [0, 0.1) is 11.3 Å². The molecule has 0 saturated carbocycles. The van der Waals surface area contributed by atoms with E-state index in [9.17, 15) is 18.0 Å². The smallest absolute Gasteiger partial charge is 0.356 e. The molecule has 2 aromatic rings. The zero-order chi connectivity index (χ0) is 23.4. The molecule has 0 aliphatic rings. The van der Waals surface area contributed by atoms with Gasteiger partial charge in [-0.3, -0.25) is 4.79 Å². The highest BCUT2D eigenvalue weighted by molar-refractivity contribution is 7.89. The quantitative estimate of drug-likeness (QED) is 0.365. The molecule has 32 heavy (non-hydrogen) atoms. The molecule has 0 aromatic heterocycles. The summed E-state index contributed by atoms with van der Waals surface area (Å²) in [4.78, 5) is 30.4. The van der Waals surface area contributed by atoms with E-state index in [4.69, 9.17) is 10.00 Å². The minimum absolute atomic E-state index is 0.0592. The molecule has 0 heterocycles. The third-order valence-corrected chi connectivity index (χ3v) is 5.74. The van der Waals surface area contributed by atoms with E-state index >= 15 is 0 Å². The Hall–Kier alpha value is -3.26. The Morgan fingerprint density at radius 1 is 1.06 bits per heavy atom. The second-order valence-corrected chi connectivity index (χ2v) is 8.51. The van der Waals surface area contributed by atoms with Crippen LogP contribution in [0.15, 0.2) is 59.5 Å². The Labute approximate surface area is 187 Å². The molecule has 2 rings (SSSR count). The molecule has 9 nitrogen and oxygen atoms in total. The summed E-state index contributed by atoms with van der Waals surface area (Å²) in [5, 5.41) is 11.4. The van der Waals surface area contributed by atoms with Gasteiger partial charge in [0.1, 0.15) is 0 Å². The first-order chi connectivity index (χ1) is 15.4. The zero-order valence-corrected chi connectivity index (χ0v) is 18.4. The van der Waals surface area contributed by atoms with Gasteiger partial charge in [0.25, 0.3) is 10.0 Å². The number of aryl methyl sites for hydroxylation is 1. The zero-order valence-electron chi connectivity index (χ0n) is 17.6. The van der Waals surface area contributed by atoms with E-state index in [0.717, 1.165) is 18.4 Å². The SMILES string of the molecule is CO[C@@H](CNC(=O)CCCCc1ccc(C#N)cc1)C(=O)ONS(=O)(=O)c1ccccc1. The van der Waals surface area contributed by atoms with Crippen LogP contribution in [0.2, 0.25) is 0 Å². The molecule has 0 bridgehead atoms. The number of hydrogen-bond acceptors (Lipinski definition) is 7. The van der Waals surface area contributed by atoms with Crippen molar-refractivity contribution in [2.45, 2.75) is 36.7 Å². The number of sulfonamides is 1. The summed E-state index contributed by atoms with van der Waals surface area (Å²) in [6, 6.07) is 16.8. The minimum atomic E-state index is -4.02. The van der Waals surface area contributed by atoms with Crippen molar-refractivity contribution in [3.63, 3.8) is 0 Å². The van der Waals surface area contributed by atoms with E-state index < -0.39 is 22.1 Å². The lowest BCUT2D eigenvalue weighted by atomic mass is 10.1. The molecular weight excluding hydrogens is 434 g/mol. The summed E-state index contributed by atoms with van der Waals surface area (Å²) in [7, 11) is -2.77. The lowest BCUT2D eigenvalue weighted by molar-refractivity contribution is -0.158. The number of rotatable bonds is 12. The third kappa shape index (κ3) is 8.11. The van der Waals surface area contributed by atoms with Crippen LogP contribution in [0.5, 0.6) is 0 Å². The second-order valence-electron chi connectivity index (χ2n) is 6.87. The second kappa shape index (κ2) is 12.6. The number of methoxy groups -OCH3 is 1. The van der Waals surface area contributed by atoms with E-state index in [2.05, 4.69) is 16.2 Å². The van der Waals surface area contributed by atoms with E-state index in [0.29, 0.717) is 12.0 Å². The van der Waals surface area contributed by atoms with Crippen LogP contribution in [-0.2, 0) is 35.6 Å². The maximum atomic E-state index is 12.1. The van der Waals surface area contributed by atoms with Crippen LogP contribution < -0.4 is 10.2 Å². The van der Waals surface area contributed by atoms with Crippen molar-refractivity contribution in [3.8, 4) is 6.07 Å². The van der Waals surface area contributed by atoms with E-state index in [1.54, 1.807) is 23.1 Å². The summed E-state index contributed by atoms with van der Waals surface area (Å²) >= 11 is 0. The van der Waals surface area contributed by atoms with Crippen molar-refractivity contribution in [1.29, 1.82) is 5.26 Å². The van der Waals surface area contributed by atoms with Gasteiger partial charge in [0, 0.05) is 13.5 Å². The monoisotopic (exact) mass is 459 g/mol. The fourth-order valence-electron chi connectivity index (χ4n) is 2.73. The van der Waals surface area contributed by atoms with Gasteiger partial charge in [0.15, 0.2) is 6.10 Å². The molecule has 170 valence electrons. The summed E-state index contributed by atoms with van der Waals surface area (Å²) in [5.74, 6) is -1.24. The molecule has 1 atom stereocenters. The average molecular weight is 460 g/mol. The lowest BCUT2D eigenvalue weighted by Crippen LogP contribution is -2.41. The van der Waals surface area contributed by atoms with Crippen LogP contribution in [0.3, 0.4) is 0 Å². The van der Waals surface area contributed by atoms with Gasteiger partial charge in [-0.25, -0.2) is 13.2 Å². The highest BCUT2D eigenvalue weighted by Crippen LogP contribution is 2.09. The van der Waals surface area contributed by atoms with Crippen LogP contribution >= 0.6 is 0 Å². The standard InChI is InChI=1S/C22H25N3O6S/c1-30-20(22(27)31-25-32(28,29)19-8-3-2-4-9-19)16-24-21(26)10-6-5-7-17-11-13-18(15-23)14-12-17/h2-4,8-9,11-14,20,25H,5-7,10,16H2,1H3,(H,24,26)/t20-/m0/s1. The number of benzene rings is 2. The van der Waals surface area contributed by atoms with Crippen molar-refractivity contribution in [2.75, 3.05) is 13.7 Å². The van der Waals surface area contributed by atoms with Gasteiger partial charge in [-0.1, -0.05) is 30.3 Å². The molecule has 0 spiro atoms. The topological polar surface area (TPSA) is 135 Å². The van der Waals surface area contributed by atoms with E-state index in [-0.39, 0.29) is 23.8 Å². The predicted octanol–water partition coefficient (Wildman–Crippen LogP) is 1.84. The number of amides is 1. The maximum absolute atomic E-state index is 12.1. The number of hydrogen-bond donors (Lipinski definition) is 2. The fraction of sp³-hybridized carbons (Fsp3) is 0.318. The Morgan fingerprint density at radius 3 is 2.38 bits per heavy atom. The Morgan fingerprint density at radius 2 is 1.75 bits per heavy atom. The van der Waals surface area contributed by atoms with Crippen LogP contribution in [0.1, 0.15) is 30.4 Å². The first kappa shape index (κ1) is 25.0. The highest BCUT2D eigenvalue weighted by atomic mass is 32.2. The van der Waals surface area contributed by atoms with Gasteiger partial charge < -0.3 is 14.9 Å². The van der Waals surface area contributed by atoms with Crippen molar-refractivity contribution in [2.24, 2.45) is 0 Å². The van der Waals surface area contributed by atoms with Crippen molar-refractivity contribution in [3.05, 3.63) is 65.7 Å². The number of ether oxygens (including phenoxy) is 1. The van der Waals surface area contributed by atoms with Crippen LogP contribution in [0.4, 0.5) is 0 Å². The summed E-state index contributed by atoms with van der Waals surface area (Å²) < 4.78 is 29.2. The number of nitrogens with one attached hydrogen (secondary N) is 2. The Bertz CT molecular complexity index is 1030. The normalized spacial score (nSPS) is 11.9. The van der Waals surface area contributed by atoms with E-state index in [1.165, 1.54) is 31.4 Å². The summed E-state index contributed by atoms with van der Waals surface area (Å²) in [6.07, 6.45) is 1.31. The number of unbranched alkanes of at least 4 members (excludes halogenated alkanes) is 1. The molecule has 0 aliphatic carbocycles. The number of carbonyl (C=O) groups excluding carboxylic acids is 2. The molecule has 0 fully saturated rings. The number of nitrogens with zero attached hydrogens (tertiary/aromatic N) is 1. The average Bonchev–Trinajstić information content (AvgIpc) is 2.82. The van der Waals surface area contributed by atoms with Crippen molar-refractivity contribution in [1.82, 2.24) is 10.2 Å². The molecule has 0 radical (unpaired) electrons. The summed E-state index contributed by atoms with van der Waals surface area (Å²) in [6.45, 7) is -0.156. The van der Waals surface area contributed by atoms with Crippen molar-refractivity contribution < 1.29 is 27.6 Å². The third-order valence-electron chi connectivity index (χ3n) is 4.54. The van der Waals surface area contributed by atoms with Crippen LogP contribution in [-0.4, -0.2) is 40.1 Å². The lowest BCUT2D eigenvalue weighted by Gasteiger charge is -2.15. The number of carbonyl (C=O) groups is 2. The van der Waals surface area contributed by atoms with Gasteiger partial charge >= 0.3 is 5.97 Å². The molecule has 1 amide bonds. The van der Waals surface area contributed by atoms with Gasteiger partial charge in [-0.05, 0) is 54.0 Å². The molecule has 0 aliphatic heterocycles. The highest BCUT2D eigenvalue weighted by Gasteiger charge is 2.23. The van der Waals surface area contributed by atoms with Crippen LogP contribution in [0.25, 0.3) is 0 Å². The first-order valence-corrected chi connectivity index (χ1v) is 11.4. The molecule has 2 aromatic carbocycles. The van der Waals surface area contributed by atoms with Gasteiger partial charge in [-0.2, -0.15) is 5.26 Å². The predicted molar refractivity (Wildman–Crippen MR) is 115 cm³/mol. The van der Waals surface area contributed by atoms with Gasteiger partial charge in [0.05, 0.1) is 23.1 Å². The largest absolute Gasteiger partial charge is 0.368 e. The molecule has 0 saturated heterocycles. The summed E-state index contributed by atoms with van der Waals surface area (Å²) in [5.41, 5.74) is 1.69. The molecule has 0 unspecified atom stereocenters.